The van der Waals surface area contributed by atoms with Gasteiger partial charge >= 0.3 is 0 Å². The lowest BCUT2D eigenvalue weighted by molar-refractivity contribution is 0.628. The molecule has 1 nitrogen and oxygen atoms in total. The van der Waals surface area contributed by atoms with Gasteiger partial charge in [0.2, 0.25) is 0 Å². The predicted octanol–water partition coefficient (Wildman–Crippen LogP) is 4.76. The van der Waals surface area contributed by atoms with Crippen LogP contribution in [0.3, 0.4) is 0 Å². The third-order valence-electron chi connectivity index (χ3n) is 3.99. The highest BCUT2D eigenvalue weighted by atomic mass is 32.1. The molecule has 0 aliphatic rings. The molecule has 0 amide bonds. The zero-order chi connectivity index (χ0) is 14.7. The minimum atomic E-state index is 0.521. The molecule has 1 atom stereocenters. The monoisotopic (exact) mass is 295 g/mol. The summed E-state index contributed by atoms with van der Waals surface area (Å²) in [4.78, 5) is 0. The number of thiophene rings is 1. The smallest absolute Gasteiger partial charge is 0.0345 e. The predicted molar refractivity (Wildman–Crippen MR) is 93.4 cm³/mol. The molecule has 0 saturated carbocycles. The van der Waals surface area contributed by atoms with Crippen LogP contribution in [0.4, 0.5) is 0 Å². The molecule has 2 heteroatoms. The average Bonchev–Trinajstić information content (AvgIpc) is 2.90. The zero-order valence-corrected chi connectivity index (χ0v) is 13.4. The Bertz CT molecular complexity index is 729. The normalized spacial score (nSPS) is 12.7. The molecule has 2 aromatic carbocycles. The number of fused-ring (bicyclic) bond motifs is 1. The van der Waals surface area contributed by atoms with Crippen LogP contribution in [0.1, 0.15) is 22.6 Å². The zero-order valence-electron chi connectivity index (χ0n) is 12.6. The van der Waals surface area contributed by atoms with Gasteiger partial charge in [0.05, 0.1) is 0 Å². The molecule has 0 saturated heterocycles. The Hall–Kier alpha value is -1.64. The first-order valence-electron chi connectivity index (χ1n) is 7.44. The molecular formula is C19H21NS. The third kappa shape index (κ3) is 3.17. The first-order chi connectivity index (χ1) is 10.3. The van der Waals surface area contributed by atoms with Gasteiger partial charge in [-0.2, -0.15) is 0 Å². The summed E-state index contributed by atoms with van der Waals surface area (Å²) < 4.78 is 1.39. The van der Waals surface area contributed by atoms with Gasteiger partial charge in [-0.15, -0.1) is 11.3 Å². The summed E-state index contributed by atoms with van der Waals surface area (Å²) in [5.74, 6) is 0.521. The van der Waals surface area contributed by atoms with Gasteiger partial charge in [0.1, 0.15) is 0 Å². The highest BCUT2D eigenvalue weighted by molar-refractivity contribution is 7.17. The topological polar surface area (TPSA) is 12.0 Å². The van der Waals surface area contributed by atoms with Crippen molar-refractivity contribution in [2.45, 2.75) is 19.3 Å². The fourth-order valence-corrected chi connectivity index (χ4v) is 3.91. The molecule has 21 heavy (non-hydrogen) atoms. The maximum absolute atomic E-state index is 3.35. The Balaban J connectivity index is 1.92. The van der Waals surface area contributed by atoms with Gasteiger partial charge < -0.3 is 5.32 Å². The molecular weight excluding hydrogens is 274 g/mol. The lowest BCUT2D eigenvalue weighted by atomic mass is 9.91. The summed E-state index contributed by atoms with van der Waals surface area (Å²) >= 11 is 1.85. The Labute approximate surface area is 130 Å². The van der Waals surface area contributed by atoms with Crippen LogP contribution in [0.15, 0.2) is 53.9 Å². The lowest BCUT2D eigenvalue weighted by Gasteiger charge is -2.17. The van der Waals surface area contributed by atoms with Crippen LogP contribution in [-0.4, -0.2) is 13.6 Å². The number of likely N-dealkylation sites (N-methyl/N-ethyl adjacent to an activating group) is 1. The van der Waals surface area contributed by atoms with Crippen LogP contribution in [0.2, 0.25) is 0 Å². The molecule has 1 N–H and O–H groups in total. The van der Waals surface area contributed by atoms with E-state index in [1.54, 1.807) is 0 Å². The molecule has 3 aromatic rings. The largest absolute Gasteiger partial charge is 0.319 e. The van der Waals surface area contributed by atoms with E-state index in [2.05, 4.69) is 66.2 Å². The van der Waals surface area contributed by atoms with Crippen LogP contribution in [0.5, 0.6) is 0 Å². The summed E-state index contributed by atoms with van der Waals surface area (Å²) in [5.41, 5.74) is 4.24. The van der Waals surface area contributed by atoms with Crippen LogP contribution in [-0.2, 0) is 6.42 Å². The Morgan fingerprint density at radius 2 is 1.95 bits per heavy atom. The second-order valence-electron chi connectivity index (χ2n) is 5.63. The van der Waals surface area contributed by atoms with Crippen molar-refractivity contribution in [3.63, 3.8) is 0 Å². The Kier molecular flexibility index (Phi) is 4.37. The summed E-state index contributed by atoms with van der Waals surface area (Å²) in [5, 5.41) is 7.09. The van der Waals surface area contributed by atoms with Crippen LogP contribution >= 0.6 is 11.3 Å². The van der Waals surface area contributed by atoms with E-state index in [0.29, 0.717) is 5.92 Å². The van der Waals surface area contributed by atoms with Gasteiger partial charge in [0.25, 0.3) is 0 Å². The van der Waals surface area contributed by atoms with Gasteiger partial charge in [-0.3, -0.25) is 0 Å². The molecule has 1 heterocycles. The Morgan fingerprint density at radius 1 is 1.10 bits per heavy atom. The van der Waals surface area contributed by atoms with E-state index in [4.69, 9.17) is 0 Å². The average molecular weight is 295 g/mol. The highest BCUT2D eigenvalue weighted by Crippen LogP contribution is 2.30. The summed E-state index contributed by atoms with van der Waals surface area (Å²) in [7, 11) is 2.04. The number of nitrogens with one attached hydrogen (secondary N) is 1. The van der Waals surface area contributed by atoms with Crippen LogP contribution in [0, 0.1) is 6.92 Å². The van der Waals surface area contributed by atoms with Crippen molar-refractivity contribution in [1.82, 2.24) is 5.32 Å². The molecule has 0 fully saturated rings. The standard InChI is InChI=1S/C19H21NS/c1-14-6-5-7-15(10-14)16(12-20-2)11-17-13-21-19-9-4-3-8-18(17)19/h3-10,13,16,20H,11-12H2,1-2H3. The molecule has 1 aromatic heterocycles. The van der Waals surface area contributed by atoms with E-state index in [1.807, 2.05) is 18.4 Å². The van der Waals surface area contributed by atoms with E-state index < -0.39 is 0 Å². The maximum Gasteiger partial charge on any atom is 0.0345 e. The molecule has 3 rings (SSSR count). The second-order valence-corrected chi connectivity index (χ2v) is 6.54. The number of hydrogen-bond donors (Lipinski definition) is 1. The molecule has 108 valence electrons. The van der Waals surface area contributed by atoms with Crippen molar-refractivity contribution < 1.29 is 0 Å². The minimum Gasteiger partial charge on any atom is -0.319 e. The van der Waals surface area contributed by atoms with Crippen molar-refractivity contribution >= 4 is 21.4 Å². The maximum atomic E-state index is 3.35. The Morgan fingerprint density at radius 3 is 2.76 bits per heavy atom. The first-order valence-corrected chi connectivity index (χ1v) is 8.32. The molecule has 0 radical (unpaired) electrons. The number of benzene rings is 2. The minimum absolute atomic E-state index is 0.521. The lowest BCUT2D eigenvalue weighted by Crippen LogP contribution is -2.19. The van der Waals surface area contributed by atoms with Gasteiger partial charge in [0.15, 0.2) is 0 Å². The number of aryl methyl sites for hydroxylation is 1. The molecule has 0 aliphatic carbocycles. The molecule has 1 unspecified atom stereocenters. The van der Waals surface area contributed by atoms with Crippen LogP contribution < -0.4 is 5.32 Å². The fraction of sp³-hybridized carbons (Fsp3) is 0.263. The summed E-state index contributed by atoms with van der Waals surface area (Å²) in [6.07, 6.45) is 1.09. The van der Waals surface area contributed by atoms with E-state index in [0.717, 1.165) is 13.0 Å². The summed E-state index contributed by atoms with van der Waals surface area (Å²) in [6.45, 7) is 3.17. The SMILES string of the molecule is CNCC(Cc1csc2ccccc12)c1cccc(C)c1. The van der Waals surface area contributed by atoms with E-state index in [-0.39, 0.29) is 0 Å². The van der Waals surface area contributed by atoms with E-state index >= 15 is 0 Å². The van der Waals surface area contributed by atoms with Gasteiger partial charge in [-0.1, -0.05) is 48.0 Å². The van der Waals surface area contributed by atoms with Crippen molar-refractivity contribution in [2.75, 3.05) is 13.6 Å². The van der Waals surface area contributed by atoms with Crippen molar-refractivity contribution in [3.8, 4) is 0 Å². The van der Waals surface area contributed by atoms with Gasteiger partial charge in [0, 0.05) is 17.2 Å². The quantitative estimate of drug-likeness (QED) is 0.716. The van der Waals surface area contributed by atoms with Crippen molar-refractivity contribution in [3.05, 3.63) is 70.6 Å². The van der Waals surface area contributed by atoms with Gasteiger partial charge in [-0.05, 0) is 48.4 Å². The van der Waals surface area contributed by atoms with E-state index in [9.17, 15) is 0 Å². The third-order valence-corrected chi connectivity index (χ3v) is 5.00. The molecule has 0 aliphatic heterocycles. The molecule has 0 spiro atoms. The van der Waals surface area contributed by atoms with Crippen molar-refractivity contribution in [2.24, 2.45) is 0 Å². The fourth-order valence-electron chi connectivity index (χ4n) is 2.93. The highest BCUT2D eigenvalue weighted by Gasteiger charge is 2.14. The van der Waals surface area contributed by atoms with E-state index in [1.165, 1.54) is 26.8 Å². The van der Waals surface area contributed by atoms with Gasteiger partial charge in [-0.25, -0.2) is 0 Å². The van der Waals surface area contributed by atoms with Crippen molar-refractivity contribution in [1.29, 1.82) is 0 Å². The number of rotatable bonds is 5. The molecule has 0 bridgehead atoms. The van der Waals surface area contributed by atoms with Crippen LogP contribution in [0.25, 0.3) is 10.1 Å². The second kappa shape index (κ2) is 6.42. The number of hydrogen-bond acceptors (Lipinski definition) is 2. The first kappa shape index (κ1) is 14.3. The summed E-state index contributed by atoms with van der Waals surface area (Å²) in [6, 6.07) is 17.6.